The van der Waals surface area contributed by atoms with Gasteiger partial charge in [0.1, 0.15) is 11.9 Å². The van der Waals surface area contributed by atoms with Gasteiger partial charge in [0.25, 0.3) is 5.56 Å². The highest BCUT2D eigenvalue weighted by Crippen LogP contribution is 2.36. The number of H-pyrrole nitrogens is 1. The smallest absolute Gasteiger partial charge is 0.417 e. The second-order valence-corrected chi connectivity index (χ2v) is 7.43. The molecule has 2 heterocycles. The van der Waals surface area contributed by atoms with Crippen LogP contribution in [0.2, 0.25) is 5.02 Å². The molecule has 1 aliphatic heterocycles. The molecule has 0 saturated carbocycles. The lowest BCUT2D eigenvalue weighted by atomic mass is 10.2. The summed E-state index contributed by atoms with van der Waals surface area (Å²) in [5.74, 6) is -0.179. The third-order valence-corrected chi connectivity index (χ3v) is 4.92. The summed E-state index contributed by atoms with van der Waals surface area (Å²) in [4.78, 5) is 25.6. The Hall–Kier alpha value is -2.83. The number of halogens is 4. The number of aromatic nitrogens is 2. The third kappa shape index (κ3) is 5.27. The van der Waals surface area contributed by atoms with Crippen LogP contribution >= 0.6 is 23.8 Å². The number of aryl methyl sites for hydroxylation is 1. The van der Waals surface area contributed by atoms with Gasteiger partial charge in [-0.25, -0.2) is 4.79 Å². The van der Waals surface area contributed by atoms with Crippen molar-refractivity contribution in [3.8, 4) is 0 Å². The number of hydrogen-bond donors (Lipinski definition) is 4. The zero-order valence-electron chi connectivity index (χ0n) is 15.8. The molecule has 1 aromatic carbocycles. The molecule has 0 spiro atoms. The minimum atomic E-state index is -4.62. The van der Waals surface area contributed by atoms with Crippen LogP contribution in [0.4, 0.5) is 18.9 Å². The van der Waals surface area contributed by atoms with Gasteiger partial charge >= 0.3 is 11.9 Å². The monoisotopic (exact) mass is 476 g/mol. The molecule has 0 fully saturated rings. The predicted molar refractivity (Wildman–Crippen MR) is 111 cm³/mol. The van der Waals surface area contributed by atoms with E-state index in [1.54, 1.807) is 0 Å². The van der Waals surface area contributed by atoms with Crippen LogP contribution < -0.4 is 21.9 Å². The molecule has 1 aromatic heterocycles. The van der Waals surface area contributed by atoms with Gasteiger partial charge in [0.05, 0.1) is 17.1 Å². The Kier molecular flexibility index (Phi) is 6.43. The molecule has 3 rings (SSSR count). The first-order chi connectivity index (χ1) is 14.5. The number of aromatic amines is 1. The molecular weight excluding hydrogens is 461 g/mol. The summed E-state index contributed by atoms with van der Waals surface area (Å²) >= 11 is 10.6. The zero-order chi connectivity index (χ0) is 22.9. The standard InChI is InChI=1S/C18H16ClF3N4O4S/c1-8-7-26(17(29)25-15(8)28)14-5-12(27)13(30-14)6-23-16(31)24-9-2-3-11(19)10(4-9)18(20,21)22/h2-5,7,13-14,27H,6H2,1H3,(H2,23,24,31)(H,25,28,29)/t13-,14?/m1/s1. The lowest BCUT2D eigenvalue weighted by molar-refractivity contribution is -0.137. The predicted octanol–water partition coefficient (Wildman–Crippen LogP) is 2.84. The van der Waals surface area contributed by atoms with E-state index >= 15 is 0 Å². The van der Waals surface area contributed by atoms with Crippen molar-refractivity contribution >= 4 is 34.6 Å². The molecule has 166 valence electrons. The Morgan fingerprint density at radius 1 is 1.39 bits per heavy atom. The summed E-state index contributed by atoms with van der Waals surface area (Å²) in [7, 11) is 0. The topological polar surface area (TPSA) is 108 Å². The molecule has 8 nitrogen and oxygen atoms in total. The average Bonchev–Trinajstić information content (AvgIpc) is 3.04. The number of benzene rings is 1. The fraction of sp³-hybridized carbons (Fsp3) is 0.278. The van der Waals surface area contributed by atoms with E-state index in [1.807, 2.05) is 0 Å². The summed E-state index contributed by atoms with van der Waals surface area (Å²) in [5, 5.41) is 15.0. The van der Waals surface area contributed by atoms with Gasteiger partial charge in [-0.15, -0.1) is 0 Å². The summed E-state index contributed by atoms with van der Waals surface area (Å²) in [6.07, 6.45) is -3.87. The number of hydrogen-bond acceptors (Lipinski definition) is 5. The molecule has 2 aromatic rings. The van der Waals surface area contributed by atoms with Crippen molar-refractivity contribution in [2.45, 2.75) is 25.4 Å². The number of ether oxygens (including phenoxy) is 1. The Morgan fingerprint density at radius 2 is 2.10 bits per heavy atom. The molecular formula is C18H16ClF3N4O4S. The molecule has 1 aliphatic rings. The first-order valence-corrected chi connectivity index (χ1v) is 9.54. The molecule has 0 aliphatic carbocycles. The van der Waals surface area contributed by atoms with Crippen LogP contribution in [0.25, 0.3) is 0 Å². The quantitative estimate of drug-likeness (QED) is 0.502. The van der Waals surface area contributed by atoms with Crippen LogP contribution in [0.15, 0.2) is 45.8 Å². The minimum absolute atomic E-state index is 0.0210. The zero-order valence-corrected chi connectivity index (χ0v) is 17.4. The van der Waals surface area contributed by atoms with Crippen LogP contribution in [0.5, 0.6) is 0 Å². The van der Waals surface area contributed by atoms with Crippen molar-refractivity contribution in [1.82, 2.24) is 14.9 Å². The van der Waals surface area contributed by atoms with Gasteiger partial charge in [-0.1, -0.05) is 11.6 Å². The van der Waals surface area contributed by atoms with Gasteiger partial charge < -0.3 is 20.5 Å². The van der Waals surface area contributed by atoms with Crippen molar-refractivity contribution in [2.24, 2.45) is 0 Å². The number of rotatable bonds is 4. The first-order valence-electron chi connectivity index (χ1n) is 8.75. The van der Waals surface area contributed by atoms with E-state index < -0.39 is 40.3 Å². The van der Waals surface area contributed by atoms with Crippen molar-refractivity contribution in [3.05, 3.63) is 73.2 Å². The summed E-state index contributed by atoms with van der Waals surface area (Å²) in [5.41, 5.74) is -1.90. The second-order valence-electron chi connectivity index (χ2n) is 6.61. The van der Waals surface area contributed by atoms with E-state index in [2.05, 4.69) is 15.6 Å². The first kappa shape index (κ1) is 22.8. The van der Waals surface area contributed by atoms with Crippen LogP contribution in [0, 0.1) is 6.92 Å². The van der Waals surface area contributed by atoms with E-state index in [0.717, 1.165) is 16.7 Å². The molecule has 13 heteroatoms. The molecule has 0 bridgehead atoms. The third-order valence-electron chi connectivity index (χ3n) is 4.34. The van der Waals surface area contributed by atoms with E-state index in [0.29, 0.717) is 0 Å². The van der Waals surface area contributed by atoms with Gasteiger partial charge in [-0.05, 0) is 37.3 Å². The number of nitrogens with one attached hydrogen (secondary N) is 3. The average molecular weight is 477 g/mol. The maximum atomic E-state index is 13.0. The van der Waals surface area contributed by atoms with Gasteiger partial charge in [-0.2, -0.15) is 13.2 Å². The van der Waals surface area contributed by atoms with Gasteiger partial charge in [0.15, 0.2) is 11.3 Å². The van der Waals surface area contributed by atoms with Crippen molar-refractivity contribution in [1.29, 1.82) is 0 Å². The van der Waals surface area contributed by atoms with Crippen molar-refractivity contribution in [2.75, 3.05) is 11.9 Å². The molecule has 0 radical (unpaired) electrons. The van der Waals surface area contributed by atoms with E-state index in [4.69, 9.17) is 28.6 Å². The number of aliphatic hydroxyl groups excluding tert-OH is 1. The van der Waals surface area contributed by atoms with Gasteiger partial charge in [-0.3, -0.25) is 14.3 Å². The highest BCUT2D eigenvalue weighted by molar-refractivity contribution is 7.80. The van der Waals surface area contributed by atoms with Crippen molar-refractivity contribution in [3.63, 3.8) is 0 Å². The van der Waals surface area contributed by atoms with Crippen LogP contribution in [-0.2, 0) is 10.9 Å². The number of aliphatic hydroxyl groups is 1. The maximum absolute atomic E-state index is 13.0. The summed E-state index contributed by atoms with van der Waals surface area (Å²) in [6, 6.07) is 3.25. The number of nitrogens with zero attached hydrogens (tertiary/aromatic N) is 1. The van der Waals surface area contributed by atoms with E-state index in [9.17, 15) is 27.9 Å². The highest BCUT2D eigenvalue weighted by atomic mass is 35.5. The molecule has 0 saturated heterocycles. The lowest BCUT2D eigenvalue weighted by Gasteiger charge is -2.18. The number of anilines is 1. The highest BCUT2D eigenvalue weighted by Gasteiger charge is 2.33. The van der Waals surface area contributed by atoms with Crippen LogP contribution in [0.1, 0.15) is 17.4 Å². The lowest BCUT2D eigenvalue weighted by Crippen LogP contribution is -2.37. The number of thiocarbonyl (C=S) groups is 1. The van der Waals surface area contributed by atoms with Crippen LogP contribution in [-0.4, -0.2) is 32.4 Å². The fourth-order valence-electron chi connectivity index (χ4n) is 2.79. The Balaban J connectivity index is 1.62. The molecule has 4 N–H and O–H groups in total. The summed E-state index contributed by atoms with van der Waals surface area (Å²) < 4.78 is 45.6. The Bertz CT molecular complexity index is 1160. The number of alkyl halides is 3. The molecule has 1 unspecified atom stereocenters. The minimum Gasteiger partial charge on any atom is -0.510 e. The van der Waals surface area contributed by atoms with Gasteiger partial charge in [0.2, 0.25) is 0 Å². The van der Waals surface area contributed by atoms with E-state index in [1.165, 1.54) is 25.3 Å². The van der Waals surface area contributed by atoms with E-state index in [-0.39, 0.29) is 28.7 Å². The fourth-order valence-corrected chi connectivity index (χ4v) is 3.21. The maximum Gasteiger partial charge on any atom is 0.417 e. The second kappa shape index (κ2) is 8.73. The SMILES string of the molecule is Cc1cn(C2C=C(O)[C@@H](CNC(=S)Nc3ccc(Cl)c(C(F)(F)F)c3)O2)c(=O)[nH]c1=O. The van der Waals surface area contributed by atoms with Crippen molar-refractivity contribution < 1.29 is 23.0 Å². The van der Waals surface area contributed by atoms with Crippen LogP contribution in [0.3, 0.4) is 0 Å². The van der Waals surface area contributed by atoms with Gasteiger partial charge in [0, 0.05) is 23.5 Å². The molecule has 31 heavy (non-hydrogen) atoms. The normalized spacial score (nSPS) is 18.5. The Morgan fingerprint density at radius 3 is 2.77 bits per heavy atom. The molecule has 0 amide bonds. The largest absolute Gasteiger partial charge is 0.510 e. The molecule has 2 atom stereocenters. The Labute approximate surface area is 183 Å². The summed E-state index contributed by atoms with van der Waals surface area (Å²) in [6.45, 7) is 1.47.